The van der Waals surface area contributed by atoms with E-state index >= 15 is 0 Å². The number of benzene rings is 1. The highest BCUT2D eigenvalue weighted by Crippen LogP contribution is 2.23. The fraction of sp³-hybridized carbons (Fsp3) is 0.625. The molecule has 0 aromatic heterocycles. The normalized spacial score (nSPS) is 21.4. The van der Waals surface area contributed by atoms with Crippen LogP contribution in [0, 0.1) is 11.8 Å². The Morgan fingerprint density at radius 3 is 2.67 bits per heavy atom. The minimum absolute atomic E-state index is 0.605. The van der Waals surface area contributed by atoms with E-state index in [-0.39, 0.29) is 0 Å². The van der Waals surface area contributed by atoms with Gasteiger partial charge in [0.25, 0.3) is 0 Å². The van der Waals surface area contributed by atoms with Crippen molar-refractivity contribution in [2.45, 2.75) is 26.2 Å². The Labute approximate surface area is 111 Å². The van der Waals surface area contributed by atoms with Crippen molar-refractivity contribution in [2.75, 3.05) is 26.3 Å². The first-order valence-electron chi connectivity index (χ1n) is 7.10. The molecule has 0 bridgehead atoms. The van der Waals surface area contributed by atoms with Gasteiger partial charge in [0.15, 0.2) is 0 Å². The molecule has 2 heteroatoms. The van der Waals surface area contributed by atoms with Gasteiger partial charge in [-0.2, -0.15) is 0 Å². The SMILES string of the molecule is CC(C)C(CNCC1CCOC1)c1ccccc1. The Bertz CT molecular complexity index is 330. The predicted molar refractivity (Wildman–Crippen MR) is 75.8 cm³/mol. The summed E-state index contributed by atoms with van der Waals surface area (Å²) in [7, 11) is 0. The third kappa shape index (κ3) is 3.82. The summed E-state index contributed by atoms with van der Waals surface area (Å²) in [5.74, 6) is 1.99. The Morgan fingerprint density at radius 1 is 1.28 bits per heavy atom. The van der Waals surface area contributed by atoms with Gasteiger partial charge < -0.3 is 10.1 Å². The molecule has 0 radical (unpaired) electrons. The third-order valence-corrected chi connectivity index (χ3v) is 3.85. The highest BCUT2D eigenvalue weighted by Gasteiger charge is 2.18. The molecule has 1 saturated heterocycles. The molecule has 2 atom stereocenters. The topological polar surface area (TPSA) is 21.3 Å². The van der Waals surface area contributed by atoms with E-state index in [0.29, 0.717) is 17.8 Å². The van der Waals surface area contributed by atoms with Crippen LogP contribution in [0.5, 0.6) is 0 Å². The zero-order valence-corrected chi connectivity index (χ0v) is 11.6. The first-order chi connectivity index (χ1) is 8.77. The molecule has 2 rings (SSSR count). The number of rotatable bonds is 6. The number of nitrogens with one attached hydrogen (secondary N) is 1. The van der Waals surface area contributed by atoms with Crippen molar-refractivity contribution < 1.29 is 4.74 Å². The van der Waals surface area contributed by atoms with Gasteiger partial charge in [0, 0.05) is 19.7 Å². The molecule has 1 aliphatic heterocycles. The first-order valence-corrected chi connectivity index (χ1v) is 7.10. The van der Waals surface area contributed by atoms with Crippen LogP contribution < -0.4 is 5.32 Å². The standard InChI is InChI=1S/C16H25NO/c1-13(2)16(15-6-4-3-5-7-15)11-17-10-14-8-9-18-12-14/h3-7,13-14,16-17H,8-12H2,1-2H3. The molecule has 0 amide bonds. The van der Waals surface area contributed by atoms with Crippen LogP contribution in [0.15, 0.2) is 30.3 Å². The highest BCUT2D eigenvalue weighted by atomic mass is 16.5. The summed E-state index contributed by atoms with van der Waals surface area (Å²) >= 11 is 0. The monoisotopic (exact) mass is 247 g/mol. The summed E-state index contributed by atoms with van der Waals surface area (Å²) in [6.07, 6.45) is 1.21. The van der Waals surface area contributed by atoms with Crippen molar-refractivity contribution >= 4 is 0 Å². The smallest absolute Gasteiger partial charge is 0.0507 e. The van der Waals surface area contributed by atoms with Crippen molar-refractivity contribution in [3.05, 3.63) is 35.9 Å². The Hall–Kier alpha value is -0.860. The van der Waals surface area contributed by atoms with Gasteiger partial charge in [0.1, 0.15) is 0 Å². The van der Waals surface area contributed by atoms with E-state index in [1.54, 1.807) is 0 Å². The van der Waals surface area contributed by atoms with Crippen LogP contribution in [0.25, 0.3) is 0 Å². The molecule has 1 heterocycles. The first kappa shape index (κ1) is 13.6. The lowest BCUT2D eigenvalue weighted by atomic mass is 9.88. The average molecular weight is 247 g/mol. The highest BCUT2D eigenvalue weighted by molar-refractivity contribution is 5.20. The summed E-state index contributed by atoms with van der Waals surface area (Å²) in [6.45, 7) is 8.65. The van der Waals surface area contributed by atoms with E-state index in [1.165, 1.54) is 12.0 Å². The zero-order valence-electron chi connectivity index (χ0n) is 11.6. The van der Waals surface area contributed by atoms with E-state index < -0.39 is 0 Å². The molecule has 0 spiro atoms. The van der Waals surface area contributed by atoms with Gasteiger partial charge >= 0.3 is 0 Å². The minimum Gasteiger partial charge on any atom is -0.381 e. The van der Waals surface area contributed by atoms with Crippen LogP contribution in [0.4, 0.5) is 0 Å². The van der Waals surface area contributed by atoms with Crippen molar-refractivity contribution in [1.82, 2.24) is 5.32 Å². The molecule has 1 aromatic rings. The molecule has 1 fully saturated rings. The Kier molecular flexibility index (Phi) is 5.21. The van der Waals surface area contributed by atoms with Crippen molar-refractivity contribution in [3.8, 4) is 0 Å². The van der Waals surface area contributed by atoms with Crippen molar-refractivity contribution in [2.24, 2.45) is 11.8 Å². The Balaban J connectivity index is 1.83. The molecular formula is C16H25NO. The second kappa shape index (κ2) is 6.91. The van der Waals surface area contributed by atoms with Gasteiger partial charge in [0.05, 0.1) is 6.61 Å². The maximum Gasteiger partial charge on any atom is 0.0507 e. The molecule has 1 aromatic carbocycles. The molecule has 0 aliphatic carbocycles. The van der Waals surface area contributed by atoms with E-state index in [0.717, 1.165) is 26.3 Å². The molecule has 18 heavy (non-hydrogen) atoms. The van der Waals surface area contributed by atoms with Crippen molar-refractivity contribution in [1.29, 1.82) is 0 Å². The third-order valence-electron chi connectivity index (χ3n) is 3.85. The summed E-state index contributed by atoms with van der Waals surface area (Å²) in [5, 5.41) is 3.63. The minimum atomic E-state index is 0.605. The summed E-state index contributed by atoms with van der Waals surface area (Å²) in [4.78, 5) is 0. The van der Waals surface area contributed by atoms with Crippen LogP contribution in [-0.2, 0) is 4.74 Å². The summed E-state index contributed by atoms with van der Waals surface area (Å²) in [6, 6.07) is 10.8. The second-order valence-electron chi connectivity index (χ2n) is 5.65. The molecule has 1 aliphatic rings. The largest absolute Gasteiger partial charge is 0.381 e. The molecule has 2 nitrogen and oxygen atoms in total. The molecule has 2 unspecified atom stereocenters. The lowest BCUT2D eigenvalue weighted by Crippen LogP contribution is -2.29. The van der Waals surface area contributed by atoms with Crippen molar-refractivity contribution in [3.63, 3.8) is 0 Å². The fourth-order valence-corrected chi connectivity index (χ4v) is 2.63. The average Bonchev–Trinajstić information content (AvgIpc) is 2.88. The number of hydrogen-bond acceptors (Lipinski definition) is 2. The van der Waals surface area contributed by atoms with E-state index in [1.807, 2.05) is 0 Å². The fourth-order valence-electron chi connectivity index (χ4n) is 2.63. The summed E-state index contributed by atoms with van der Waals surface area (Å²) in [5.41, 5.74) is 1.45. The number of ether oxygens (including phenoxy) is 1. The van der Waals surface area contributed by atoms with Crippen LogP contribution >= 0.6 is 0 Å². The van der Waals surface area contributed by atoms with Gasteiger partial charge in [-0.25, -0.2) is 0 Å². The van der Waals surface area contributed by atoms with E-state index in [9.17, 15) is 0 Å². The van der Waals surface area contributed by atoms with Crippen LogP contribution in [0.2, 0.25) is 0 Å². The van der Waals surface area contributed by atoms with E-state index in [2.05, 4.69) is 49.5 Å². The lowest BCUT2D eigenvalue weighted by Gasteiger charge is -2.22. The maximum absolute atomic E-state index is 5.41. The molecule has 0 saturated carbocycles. The molecular weight excluding hydrogens is 222 g/mol. The van der Waals surface area contributed by atoms with Gasteiger partial charge in [-0.05, 0) is 29.7 Å². The van der Waals surface area contributed by atoms with Gasteiger partial charge in [-0.1, -0.05) is 44.2 Å². The second-order valence-corrected chi connectivity index (χ2v) is 5.65. The predicted octanol–water partition coefficient (Wildman–Crippen LogP) is 3.05. The Morgan fingerprint density at radius 2 is 2.06 bits per heavy atom. The number of hydrogen-bond donors (Lipinski definition) is 1. The maximum atomic E-state index is 5.41. The van der Waals surface area contributed by atoms with E-state index in [4.69, 9.17) is 4.74 Å². The molecule has 1 N–H and O–H groups in total. The lowest BCUT2D eigenvalue weighted by molar-refractivity contribution is 0.185. The summed E-state index contributed by atoms with van der Waals surface area (Å²) < 4.78 is 5.41. The molecule has 100 valence electrons. The van der Waals surface area contributed by atoms with Crippen LogP contribution in [0.1, 0.15) is 31.7 Å². The zero-order chi connectivity index (χ0) is 12.8. The van der Waals surface area contributed by atoms with Gasteiger partial charge in [0.2, 0.25) is 0 Å². The van der Waals surface area contributed by atoms with Gasteiger partial charge in [-0.15, -0.1) is 0 Å². The van der Waals surface area contributed by atoms with Crippen LogP contribution in [-0.4, -0.2) is 26.3 Å². The van der Waals surface area contributed by atoms with Gasteiger partial charge in [-0.3, -0.25) is 0 Å². The van der Waals surface area contributed by atoms with Crippen LogP contribution in [0.3, 0.4) is 0 Å². The quantitative estimate of drug-likeness (QED) is 0.834.